The first-order valence-electron chi connectivity index (χ1n) is 5.15. The molecule has 0 spiro atoms. The molecule has 16 heavy (non-hydrogen) atoms. The molecular formula is C10H13N3O3. The highest BCUT2D eigenvalue weighted by Gasteiger charge is 2.12. The van der Waals surface area contributed by atoms with Crippen molar-refractivity contribution < 1.29 is 9.53 Å². The molecular weight excluding hydrogens is 210 g/mol. The van der Waals surface area contributed by atoms with Crippen molar-refractivity contribution in [3.05, 3.63) is 22.6 Å². The van der Waals surface area contributed by atoms with E-state index in [9.17, 15) is 9.59 Å². The smallest absolute Gasteiger partial charge is 0.269 e. The average Bonchev–Trinajstić information content (AvgIpc) is 2.33. The Morgan fingerprint density at radius 1 is 1.44 bits per heavy atom. The summed E-state index contributed by atoms with van der Waals surface area (Å²) >= 11 is 0. The van der Waals surface area contributed by atoms with E-state index in [-0.39, 0.29) is 12.1 Å². The van der Waals surface area contributed by atoms with Crippen molar-refractivity contribution in [1.82, 2.24) is 9.78 Å². The third-order valence-electron chi connectivity index (χ3n) is 2.48. The fraction of sp³-hybridized carbons (Fsp3) is 0.500. The van der Waals surface area contributed by atoms with Gasteiger partial charge in [0.2, 0.25) is 0 Å². The van der Waals surface area contributed by atoms with Gasteiger partial charge in [0.1, 0.15) is 12.8 Å². The van der Waals surface area contributed by atoms with Gasteiger partial charge in [-0.2, -0.15) is 5.10 Å². The largest absolute Gasteiger partial charge is 0.378 e. The summed E-state index contributed by atoms with van der Waals surface area (Å²) in [5.74, 6) is 0. The third-order valence-corrected chi connectivity index (χ3v) is 2.48. The molecule has 2 heterocycles. The number of ether oxygens (including phenoxy) is 1. The zero-order chi connectivity index (χ0) is 11.4. The monoisotopic (exact) mass is 223 g/mol. The summed E-state index contributed by atoms with van der Waals surface area (Å²) in [6.07, 6.45) is 2.26. The van der Waals surface area contributed by atoms with Crippen LogP contribution in [0.4, 0.5) is 5.69 Å². The third kappa shape index (κ3) is 2.27. The Kier molecular flexibility index (Phi) is 3.31. The molecule has 0 saturated carbocycles. The number of hydrogen-bond acceptors (Lipinski definition) is 5. The van der Waals surface area contributed by atoms with E-state index in [4.69, 9.17) is 4.74 Å². The lowest BCUT2D eigenvalue weighted by molar-refractivity contribution is -0.108. The zero-order valence-electron chi connectivity index (χ0n) is 8.83. The number of rotatable bonds is 3. The molecule has 6 heteroatoms. The van der Waals surface area contributed by atoms with Crippen molar-refractivity contribution in [2.24, 2.45) is 0 Å². The molecule has 0 atom stereocenters. The Bertz CT molecular complexity index is 424. The van der Waals surface area contributed by atoms with Crippen LogP contribution in [0.3, 0.4) is 0 Å². The maximum absolute atomic E-state index is 11.6. The second kappa shape index (κ2) is 4.89. The minimum absolute atomic E-state index is 0.00221. The first-order valence-corrected chi connectivity index (χ1v) is 5.15. The van der Waals surface area contributed by atoms with Crippen molar-refractivity contribution in [1.29, 1.82) is 0 Å². The molecule has 1 saturated heterocycles. The maximum Gasteiger partial charge on any atom is 0.269 e. The number of anilines is 1. The van der Waals surface area contributed by atoms with Gasteiger partial charge in [-0.3, -0.25) is 4.79 Å². The molecule has 1 aromatic rings. The van der Waals surface area contributed by atoms with Crippen molar-refractivity contribution in [3.8, 4) is 0 Å². The van der Waals surface area contributed by atoms with E-state index in [0.29, 0.717) is 19.5 Å². The van der Waals surface area contributed by atoms with Gasteiger partial charge in [0.25, 0.3) is 5.56 Å². The van der Waals surface area contributed by atoms with Gasteiger partial charge in [-0.15, -0.1) is 0 Å². The Balaban J connectivity index is 2.19. The van der Waals surface area contributed by atoms with Gasteiger partial charge in [-0.25, -0.2) is 4.68 Å². The fourth-order valence-electron chi connectivity index (χ4n) is 1.63. The summed E-state index contributed by atoms with van der Waals surface area (Å²) < 4.78 is 6.36. The molecule has 1 aromatic heterocycles. The Morgan fingerprint density at radius 2 is 2.19 bits per heavy atom. The molecule has 86 valence electrons. The zero-order valence-corrected chi connectivity index (χ0v) is 8.83. The van der Waals surface area contributed by atoms with E-state index in [1.807, 2.05) is 4.90 Å². The van der Waals surface area contributed by atoms with Crippen LogP contribution < -0.4 is 10.5 Å². The molecule has 1 aliphatic rings. The molecule has 0 unspecified atom stereocenters. The molecule has 0 bridgehead atoms. The van der Waals surface area contributed by atoms with Crippen molar-refractivity contribution >= 4 is 12.0 Å². The molecule has 6 nitrogen and oxygen atoms in total. The molecule has 0 aromatic carbocycles. The van der Waals surface area contributed by atoms with E-state index >= 15 is 0 Å². The number of carbonyl (C=O) groups excluding carboxylic acids is 1. The summed E-state index contributed by atoms with van der Waals surface area (Å²) in [7, 11) is 0. The highest BCUT2D eigenvalue weighted by molar-refractivity contribution is 5.49. The first-order chi connectivity index (χ1) is 7.81. The van der Waals surface area contributed by atoms with Crippen molar-refractivity contribution in [2.45, 2.75) is 6.54 Å². The molecule has 0 aliphatic carbocycles. The van der Waals surface area contributed by atoms with Crippen LogP contribution in [0.15, 0.2) is 17.1 Å². The van der Waals surface area contributed by atoms with Crippen LogP contribution in [-0.4, -0.2) is 42.4 Å². The number of aldehydes is 1. The van der Waals surface area contributed by atoms with Crippen LogP contribution >= 0.6 is 0 Å². The highest BCUT2D eigenvalue weighted by Crippen LogP contribution is 2.10. The fourth-order valence-corrected chi connectivity index (χ4v) is 1.63. The maximum atomic E-state index is 11.6. The van der Waals surface area contributed by atoms with Gasteiger partial charge in [0, 0.05) is 19.2 Å². The summed E-state index contributed by atoms with van der Waals surface area (Å²) in [5, 5.41) is 3.93. The van der Waals surface area contributed by atoms with E-state index in [0.717, 1.165) is 23.5 Å². The van der Waals surface area contributed by atoms with Crippen LogP contribution in [-0.2, 0) is 16.1 Å². The Hall–Kier alpha value is -1.69. The lowest BCUT2D eigenvalue weighted by Crippen LogP contribution is -2.37. The first kappa shape index (κ1) is 10.8. The van der Waals surface area contributed by atoms with E-state index in [2.05, 4.69) is 5.10 Å². The Morgan fingerprint density at radius 3 is 2.81 bits per heavy atom. The van der Waals surface area contributed by atoms with Gasteiger partial charge in [0.05, 0.1) is 25.1 Å². The quantitative estimate of drug-likeness (QED) is 0.633. The summed E-state index contributed by atoms with van der Waals surface area (Å²) in [5.41, 5.74) is 0.534. The summed E-state index contributed by atoms with van der Waals surface area (Å²) in [6, 6.07) is 1.50. The normalized spacial score (nSPS) is 16.1. The lowest BCUT2D eigenvalue weighted by atomic mass is 10.3. The summed E-state index contributed by atoms with van der Waals surface area (Å²) in [6.45, 7) is 2.86. The van der Waals surface area contributed by atoms with Crippen LogP contribution in [0.2, 0.25) is 0 Å². The van der Waals surface area contributed by atoms with Crippen LogP contribution in [0.5, 0.6) is 0 Å². The minimum Gasteiger partial charge on any atom is -0.378 e. The topological polar surface area (TPSA) is 64.4 Å². The van der Waals surface area contributed by atoms with Crippen LogP contribution in [0.1, 0.15) is 0 Å². The number of carbonyl (C=O) groups is 1. The van der Waals surface area contributed by atoms with E-state index in [1.165, 1.54) is 6.07 Å². The molecule has 0 amide bonds. The average molecular weight is 223 g/mol. The van der Waals surface area contributed by atoms with Gasteiger partial charge in [0.15, 0.2) is 0 Å². The highest BCUT2D eigenvalue weighted by atomic mass is 16.5. The molecule has 0 radical (unpaired) electrons. The Labute approximate surface area is 92.4 Å². The predicted octanol–water partition coefficient (Wildman–Crippen LogP) is -0.721. The number of aromatic nitrogens is 2. The van der Waals surface area contributed by atoms with Gasteiger partial charge >= 0.3 is 0 Å². The van der Waals surface area contributed by atoms with Gasteiger partial charge in [-0.1, -0.05) is 0 Å². The SMILES string of the molecule is O=CCn1ncc(N2CCOCC2)cc1=O. The predicted molar refractivity (Wildman–Crippen MR) is 57.6 cm³/mol. The number of hydrogen-bond donors (Lipinski definition) is 0. The van der Waals surface area contributed by atoms with Crippen LogP contribution in [0, 0.1) is 0 Å². The molecule has 2 rings (SSSR count). The number of nitrogens with zero attached hydrogens (tertiary/aromatic N) is 3. The van der Waals surface area contributed by atoms with Crippen molar-refractivity contribution in [3.63, 3.8) is 0 Å². The van der Waals surface area contributed by atoms with Gasteiger partial charge in [-0.05, 0) is 0 Å². The van der Waals surface area contributed by atoms with Crippen molar-refractivity contribution in [2.75, 3.05) is 31.2 Å². The second-order valence-electron chi connectivity index (χ2n) is 3.50. The van der Waals surface area contributed by atoms with E-state index < -0.39 is 0 Å². The minimum atomic E-state index is -0.254. The second-order valence-corrected chi connectivity index (χ2v) is 3.50. The lowest BCUT2D eigenvalue weighted by Gasteiger charge is -2.28. The van der Waals surface area contributed by atoms with Crippen LogP contribution in [0.25, 0.3) is 0 Å². The molecule has 0 N–H and O–H groups in total. The van der Waals surface area contributed by atoms with Gasteiger partial charge < -0.3 is 14.4 Å². The number of morpholine rings is 1. The molecule has 1 aliphatic heterocycles. The standard InChI is InChI=1S/C10H13N3O3/c14-4-1-13-10(15)7-9(8-11-13)12-2-5-16-6-3-12/h4,7-8H,1-3,5-6H2. The molecule has 1 fully saturated rings. The summed E-state index contributed by atoms with van der Waals surface area (Å²) in [4.78, 5) is 23.9. The van der Waals surface area contributed by atoms with E-state index in [1.54, 1.807) is 6.20 Å².